The normalized spacial score (nSPS) is 11.1. The number of nitrogens with zero attached hydrogens (tertiary/aromatic N) is 6. The third-order valence-electron chi connectivity index (χ3n) is 4.18. The lowest BCUT2D eigenvalue weighted by Crippen LogP contribution is -2.25. The number of rotatable bonds is 6. The van der Waals surface area contributed by atoms with E-state index in [1.807, 2.05) is 18.7 Å². The Morgan fingerprint density at radius 2 is 1.88 bits per heavy atom. The van der Waals surface area contributed by atoms with Gasteiger partial charge in [0.1, 0.15) is 5.82 Å². The van der Waals surface area contributed by atoms with E-state index in [0.717, 1.165) is 41.2 Å². The van der Waals surface area contributed by atoms with Gasteiger partial charge in [0.2, 0.25) is 5.95 Å². The van der Waals surface area contributed by atoms with Gasteiger partial charge in [-0.25, -0.2) is 15.0 Å². The average Bonchev–Trinajstić information content (AvgIpc) is 2.89. The fraction of sp³-hybridized carbons (Fsp3) is 0.412. The van der Waals surface area contributed by atoms with Crippen molar-refractivity contribution in [3.8, 4) is 0 Å². The molecule has 0 aromatic carbocycles. The highest BCUT2D eigenvalue weighted by Crippen LogP contribution is 2.26. The Morgan fingerprint density at radius 1 is 1.20 bits per heavy atom. The first-order chi connectivity index (χ1) is 12.0. The summed E-state index contributed by atoms with van der Waals surface area (Å²) < 4.78 is 1.83. The van der Waals surface area contributed by atoms with Gasteiger partial charge in [0.15, 0.2) is 5.65 Å². The third-order valence-corrected chi connectivity index (χ3v) is 4.37. The largest absolute Gasteiger partial charge is 0.357 e. The summed E-state index contributed by atoms with van der Waals surface area (Å²) in [4.78, 5) is 15.5. The van der Waals surface area contributed by atoms with Gasteiger partial charge in [-0.1, -0.05) is 11.6 Å². The van der Waals surface area contributed by atoms with Gasteiger partial charge in [0.25, 0.3) is 0 Å². The van der Waals surface area contributed by atoms with E-state index in [4.69, 9.17) is 16.6 Å². The Bertz CT molecular complexity index is 869. The lowest BCUT2D eigenvalue weighted by Gasteiger charge is -2.23. The van der Waals surface area contributed by atoms with E-state index in [1.54, 1.807) is 12.4 Å². The van der Waals surface area contributed by atoms with Crippen LogP contribution in [0.15, 0.2) is 18.5 Å². The van der Waals surface area contributed by atoms with Crippen LogP contribution in [0, 0.1) is 6.92 Å². The molecule has 132 valence electrons. The smallest absolute Gasteiger partial charge is 0.222 e. The fourth-order valence-electron chi connectivity index (χ4n) is 2.88. The Balaban J connectivity index is 1.99. The molecule has 3 heterocycles. The fourth-order valence-corrected chi connectivity index (χ4v) is 2.98. The Kier molecular flexibility index (Phi) is 5.03. The van der Waals surface area contributed by atoms with Crippen LogP contribution in [0.2, 0.25) is 5.02 Å². The molecule has 0 radical (unpaired) electrons. The molecule has 0 atom stereocenters. The Morgan fingerprint density at radius 3 is 2.52 bits per heavy atom. The van der Waals surface area contributed by atoms with Crippen LogP contribution in [0.1, 0.15) is 25.1 Å². The van der Waals surface area contributed by atoms with Gasteiger partial charge in [0, 0.05) is 37.6 Å². The zero-order valence-electron chi connectivity index (χ0n) is 14.9. The van der Waals surface area contributed by atoms with E-state index in [0.29, 0.717) is 17.5 Å². The van der Waals surface area contributed by atoms with E-state index < -0.39 is 0 Å². The minimum absolute atomic E-state index is 0.517. The second-order valence-electron chi connectivity index (χ2n) is 5.80. The van der Waals surface area contributed by atoms with Crippen molar-refractivity contribution in [2.24, 2.45) is 7.05 Å². The predicted molar refractivity (Wildman–Crippen MR) is 101 cm³/mol. The van der Waals surface area contributed by atoms with Gasteiger partial charge in [-0.2, -0.15) is 5.10 Å². The molecule has 0 aliphatic heterocycles. The molecule has 0 unspecified atom stereocenters. The molecule has 0 fully saturated rings. The van der Waals surface area contributed by atoms with Gasteiger partial charge >= 0.3 is 0 Å². The number of halogens is 1. The van der Waals surface area contributed by atoms with E-state index in [1.165, 1.54) is 0 Å². The van der Waals surface area contributed by atoms with Crippen LogP contribution in [0.4, 0.5) is 11.8 Å². The molecular formula is C17H22ClN7. The molecule has 25 heavy (non-hydrogen) atoms. The van der Waals surface area contributed by atoms with Gasteiger partial charge in [0.05, 0.1) is 23.1 Å². The van der Waals surface area contributed by atoms with E-state index in [-0.39, 0.29) is 0 Å². The van der Waals surface area contributed by atoms with Crippen molar-refractivity contribution in [2.45, 2.75) is 27.3 Å². The minimum Gasteiger partial charge on any atom is -0.357 e. The highest BCUT2D eigenvalue weighted by atomic mass is 35.5. The SMILES string of the molecule is CCN(CC)c1nc2c(cc1CNc1ncc(Cl)cn1)c(C)nn2C. The monoisotopic (exact) mass is 359 g/mol. The quantitative estimate of drug-likeness (QED) is 0.728. The molecule has 0 aliphatic rings. The number of pyridine rings is 1. The first kappa shape index (κ1) is 17.4. The molecule has 0 saturated heterocycles. The molecule has 3 rings (SSSR count). The van der Waals surface area contributed by atoms with Crippen molar-refractivity contribution >= 4 is 34.4 Å². The van der Waals surface area contributed by atoms with Crippen LogP contribution < -0.4 is 10.2 Å². The molecule has 3 aromatic heterocycles. The highest BCUT2D eigenvalue weighted by molar-refractivity contribution is 6.30. The van der Waals surface area contributed by atoms with Crippen molar-refractivity contribution in [1.29, 1.82) is 0 Å². The molecule has 0 saturated carbocycles. The summed E-state index contributed by atoms with van der Waals surface area (Å²) in [7, 11) is 1.92. The number of nitrogens with one attached hydrogen (secondary N) is 1. The summed E-state index contributed by atoms with van der Waals surface area (Å²) in [5.41, 5.74) is 2.96. The number of fused-ring (bicyclic) bond motifs is 1. The number of hydrogen-bond acceptors (Lipinski definition) is 6. The average molecular weight is 360 g/mol. The minimum atomic E-state index is 0.517. The first-order valence-electron chi connectivity index (χ1n) is 8.33. The van der Waals surface area contributed by atoms with E-state index in [2.05, 4.69) is 45.2 Å². The molecule has 7 nitrogen and oxygen atoms in total. The Hall–Kier alpha value is -2.41. The van der Waals surface area contributed by atoms with Gasteiger partial charge in [-0.3, -0.25) is 4.68 Å². The van der Waals surface area contributed by atoms with Crippen LogP contribution in [-0.2, 0) is 13.6 Å². The maximum absolute atomic E-state index is 5.84. The van der Waals surface area contributed by atoms with Crippen LogP contribution in [-0.4, -0.2) is 37.8 Å². The van der Waals surface area contributed by atoms with Crippen molar-refractivity contribution < 1.29 is 0 Å². The number of aromatic nitrogens is 5. The second-order valence-corrected chi connectivity index (χ2v) is 6.24. The number of hydrogen-bond donors (Lipinski definition) is 1. The van der Waals surface area contributed by atoms with Crippen molar-refractivity contribution in [3.63, 3.8) is 0 Å². The zero-order valence-corrected chi connectivity index (χ0v) is 15.7. The molecule has 8 heteroatoms. The van der Waals surface area contributed by atoms with Crippen LogP contribution in [0.3, 0.4) is 0 Å². The van der Waals surface area contributed by atoms with Crippen LogP contribution in [0.5, 0.6) is 0 Å². The molecular weight excluding hydrogens is 338 g/mol. The maximum atomic E-state index is 5.84. The van der Waals surface area contributed by atoms with Gasteiger partial charge in [-0.05, 0) is 26.8 Å². The summed E-state index contributed by atoms with van der Waals surface area (Å²) in [5, 5.41) is 9.31. The van der Waals surface area contributed by atoms with Crippen LogP contribution in [0.25, 0.3) is 11.0 Å². The standard InChI is InChI=1S/C17H22ClN7/c1-5-25(6-2)15-12(8-19-17-20-9-13(18)10-21-17)7-14-11(3)23-24(4)16(14)22-15/h7,9-10H,5-6,8H2,1-4H3,(H,19,20,21). The third kappa shape index (κ3) is 3.51. The van der Waals surface area contributed by atoms with Gasteiger partial charge in [-0.15, -0.1) is 0 Å². The predicted octanol–water partition coefficient (Wildman–Crippen LogP) is 3.18. The molecule has 1 N–H and O–H groups in total. The van der Waals surface area contributed by atoms with Crippen molar-refractivity contribution in [2.75, 3.05) is 23.3 Å². The summed E-state index contributed by atoms with van der Waals surface area (Å²) in [5.74, 6) is 1.50. The maximum Gasteiger partial charge on any atom is 0.222 e. The van der Waals surface area contributed by atoms with E-state index in [9.17, 15) is 0 Å². The summed E-state index contributed by atoms with van der Waals surface area (Å²) in [6, 6.07) is 2.15. The lowest BCUT2D eigenvalue weighted by atomic mass is 10.1. The molecule has 0 bridgehead atoms. The number of aryl methyl sites for hydroxylation is 2. The molecule has 3 aromatic rings. The molecule has 0 aliphatic carbocycles. The first-order valence-corrected chi connectivity index (χ1v) is 8.70. The summed E-state index contributed by atoms with van der Waals surface area (Å²) in [6.45, 7) is 8.60. The summed E-state index contributed by atoms with van der Waals surface area (Å²) in [6.07, 6.45) is 3.16. The van der Waals surface area contributed by atoms with E-state index >= 15 is 0 Å². The lowest BCUT2D eigenvalue weighted by molar-refractivity contribution is 0.768. The number of anilines is 2. The molecule has 0 amide bonds. The second kappa shape index (κ2) is 7.23. The van der Waals surface area contributed by atoms with Crippen molar-refractivity contribution in [3.05, 3.63) is 34.7 Å². The van der Waals surface area contributed by atoms with Gasteiger partial charge < -0.3 is 10.2 Å². The Labute approximate surface area is 152 Å². The zero-order chi connectivity index (χ0) is 18.0. The topological polar surface area (TPSA) is 71.8 Å². The van der Waals surface area contributed by atoms with Crippen LogP contribution >= 0.6 is 11.6 Å². The molecule has 0 spiro atoms. The van der Waals surface area contributed by atoms with Crippen molar-refractivity contribution in [1.82, 2.24) is 24.7 Å². The highest BCUT2D eigenvalue weighted by Gasteiger charge is 2.16. The summed E-state index contributed by atoms with van der Waals surface area (Å²) >= 11 is 5.84.